The number of hydrogen-bond donors (Lipinski definition) is 1. The summed E-state index contributed by atoms with van der Waals surface area (Å²) < 4.78 is 10.9. The summed E-state index contributed by atoms with van der Waals surface area (Å²) >= 11 is 6.30. The first kappa shape index (κ1) is 18.5. The van der Waals surface area contributed by atoms with E-state index >= 15 is 0 Å². The van der Waals surface area contributed by atoms with Gasteiger partial charge < -0.3 is 20.1 Å². The van der Waals surface area contributed by atoms with Gasteiger partial charge in [-0.25, -0.2) is 0 Å². The number of ether oxygens (including phenoxy) is 2. The molecule has 0 spiro atoms. The van der Waals surface area contributed by atoms with Gasteiger partial charge in [0, 0.05) is 36.1 Å². The molecule has 0 radical (unpaired) electrons. The van der Waals surface area contributed by atoms with Gasteiger partial charge in [0.25, 0.3) is 5.91 Å². The Labute approximate surface area is 158 Å². The van der Waals surface area contributed by atoms with Crippen LogP contribution in [0.25, 0.3) is 0 Å². The molecule has 1 amide bonds. The Balaban J connectivity index is 1.73. The van der Waals surface area contributed by atoms with E-state index in [4.69, 9.17) is 26.8 Å². The number of carbonyl (C=O) groups excluding carboxylic acids is 1. The van der Waals surface area contributed by atoms with Gasteiger partial charge in [-0.2, -0.15) is 0 Å². The van der Waals surface area contributed by atoms with E-state index in [1.807, 2.05) is 29.2 Å². The fourth-order valence-corrected chi connectivity index (χ4v) is 3.57. The topological polar surface area (TPSA) is 64.8 Å². The molecule has 1 aliphatic rings. The highest BCUT2D eigenvalue weighted by Crippen LogP contribution is 2.33. The Morgan fingerprint density at radius 3 is 2.81 bits per heavy atom. The normalized spacial score (nSPS) is 16.6. The van der Waals surface area contributed by atoms with Crippen molar-refractivity contribution in [2.45, 2.75) is 12.3 Å². The summed E-state index contributed by atoms with van der Waals surface area (Å²) in [5.41, 5.74) is 7.15. The van der Waals surface area contributed by atoms with Crippen LogP contribution in [0.2, 0.25) is 5.02 Å². The monoisotopic (exact) mass is 374 g/mol. The molecule has 26 heavy (non-hydrogen) atoms. The average Bonchev–Trinajstić information content (AvgIpc) is 3.16. The summed E-state index contributed by atoms with van der Waals surface area (Å²) in [5.74, 6) is 1.38. The SMILES string of the molecule is COc1cc(C(=O)N2CC[C@H](c3ccccc3Cl)C2)ccc1OCCN. The quantitative estimate of drug-likeness (QED) is 0.842. The molecule has 5 nitrogen and oxygen atoms in total. The first-order valence-corrected chi connectivity index (χ1v) is 9.06. The molecule has 1 aliphatic heterocycles. The van der Waals surface area contributed by atoms with Crippen LogP contribution >= 0.6 is 11.6 Å². The van der Waals surface area contributed by atoms with E-state index in [-0.39, 0.29) is 11.8 Å². The molecular weight excluding hydrogens is 352 g/mol. The number of nitrogens with two attached hydrogens (primary N) is 1. The maximum atomic E-state index is 12.9. The zero-order chi connectivity index (χ0) is 18.5. The molecular formula is C20H23ClN2O3. The Kier molecular flexibility index (Phi) is 6.01. The van der Waals surface area contributed by atoms with Crippen LogP contribution in [-0.2, 0) is 0 Å². The second kappa shape index (κ2) is 8.43. The van der Waals surface area contributed by atoms with Gasteiger partial charge in [-0.3, -0.25) is 4.79 Å². The Morgan fingerprint density at radius 2 is 2.08 bits per heavy atom. The summed E-state index contributed by atoms with van der Waals surface area (Å²) in [6, 6.07) is 13.1. The smallest absolute Gasteiger partial charge is 0.254 e. The summed E-state index contributed by atoms with van der Waals surface area (Å²) in [6.45, 7) is 2.19. The van der Waals surface area contributed by atoms with Crippen LogP contribution in [-0.4, -0.2) is 44.2 Å². The molecule has 0 saturated carbocycles. The molecule has 6 heteroatoms. The molecule has 1 atom stereocenters. The van der Waals surface area contributed by atoms with Crippen molar-refractivity contribution >= 4 is 17.5 Å². The molecule has 0 bridgehead atoms. The number of likely N-dealkylation sites (tertiary alicyclic amines) is 1. The molecule has 1 saturated heterocycles. The maximum absolute atomic E-state index is 12.9. The maximum Gasteiger partial charge on any atom is 0.254 e. The van der Waals surface area contributed by atoms with Crippen LogP contribution < -0.4 is 15.2 Å². The lowest BCUT2D eigenvalue weighted by Gasteiger charge is -2.18. The highest BCUT2D eigenvalue weighted by molar-refractivity contribution is 6.31. The summed E-state index contributed by atoms with van der Waals surface area (Å²) in [6.07, 6.45) is 0.907. The first-order chi connectivity index (χ1) is 12.6. The van der Waals surface area contributed by atoms with Gasteiger partial charge in [-0.1, -0.05) is 29.8 Å². The van der Waals surface area contributed by atoms with Crippen LogP contribution in [0.15, 0.2) is 42.5 Å². The first-order valence-electron chi connectivity index (χ1n) is 8.68. The second-order valence-corrected chi connectivity index (χ2v) is 6.67. The lowest BCUT2D eigenvalue weighted by molar-refractivity contribution is 0.0790. The number of carbonyl (C=O) groups is 1. The molecule has 1 heterocycles. The predicted octanol–water partition coefficient (Wildman–Crippen LogP) is 3.32. The number of hydrogen-bond acceptors (Lipinski definition) is 4. The fraction of sp³-hybridized carbons (Fsp3) is 0.350. The lowest BCUT2D eigenvalue weighted by atomic mass is 9.98. The van der Waals surface area contributed by atoms with E-state index in [2.05, 4.69) is 0 Å². The van der Waals surface area contributed by atoms with E-state index in [0.717, 1.165) is 17.0 Å². The van der Waals surface area contributed by atoms with Crippen molar-refractivity contribution in [3.8, 4) is 11.5 Å². The zero-order valence-corrected chi connectivity index (χ0v) is 15.5. The van der Waals surface area contributed by atoms with Gasteiger partial charge in [0.15, 0.2) is 11.5 Å². The molecule has 138 valence electrons. The second-order valence-electron chi connectivity index (χ2n) is 6.26. The van der Waals surface area contributed by atoms with E-state index in [0.29, 0.717) is 43.3 Å². The molecule has 0 unspecified atom stereocenters. The van der Waals surface area contributed by atoms with Gasteiger partial charge in [-0.05, 0) is 36.2 Å². The third-order valence-corrected chi connectivity index (χ3v) is 4.95. The van der Waals surface area contributed by atoms with E-state index in [9.17, 15) is 4.79 Å². The predicted molar refractivity (Wildman–Crippen MR) is 102 cm³/mol. The molecule has 1 fully saturated rings. The third kappa shape index (κ3) is 3.94. The lowest BCUT2D eigenvalue weighted by Crippen LogP contribution is -2.28. The molecule has 2 aromatic rings. The number of halogens is 1. The number of methoxy groups -OCH3 is 1. The van der Waals surface area contributed by atoms with Crippen molar-refractivity contribution < 1.29 is 14.3 Å². The van der Waals surface area contributed by atoms with Crippen molar-refractivity contribution in [1.29, 1.82) is 0 Å². The summed E-state index contributed by atoms with van der Waals surface area (Å²) in [7, 11) is 1.56. The van der Waals surface area contributed by atoms with Gasteiger partial charge in [-0.15, -0.1) is 0 Å². The fourth-order valence-electron chi connectivity index (χ4n) is 3.28. The minimum atomic E-state index is -0.0109. The van der Waals surface area contributed by atoms with Gasteiger partial charge >= 0.3 is 0 Å². The molecule has 3 rings (SSSR count). The van der Waals surface area contributed by atoms with Crippen molar-refractivity contribution in [3.63, 3.8) is 0 Å². The van der Waals surface area contributed by atoms with Gasteiger partial charge in [0.2, 0.25) is 0 Å². The molecule has 2 aromatic carbocycles. The third-order valence-electron chi connectivity index (χ3n) is 4.61. The van der Waals surface area contributed by atoms with Crippen molar-refractivity contribution in [2.75, 3.05) is 33.4 Å². The number of amides is 1. The average molecular weight is 375 g/mol. The van der Waals surface area contributed by atoms with E-state index < -0.39 is 0 Å². The Hall–Kier alpha value is -2.24. The largest absolute Gasteiger partial charge is 0.493 e. The standard InChI is InChI=1S/C20H23ClN2O3/c1-25-19-12-14(6-7-18(19)26-11-9-22)20(24)23-10-8-15(13-23)16-4-2-3-5-17(16)21/h2-7,12,15H,8-11,13,22H2,1H3/t15-/m0/s1. The van der Waals surface area contributed by atoms with Crippen LogP contribution in [0, 0.1) is 0 Å². The van der Waals surface area contributed by atoms with Crippen LogP contribution in [0.5, 0.6) is 11.5 Å². The summed E-state index contributed by atoms with van der Waals surface area (Å²) in [5, 5.41) is 0.759. The van der Waals surface area contributed by atoms with Crippen LogP contribution in [0.4, 0.5) is 0 Å². The van der Waals surface area contributed by atoms with E-state index in [1.54, 1.807) is 25.3 Å². The van der Waals surface area contributed by atoms with Gasteiger partial charge in [0.05, 0.1) is 7.11 Å². The molecule has 0 aromatic heterocycles. The van der Waals surface area contributed by atoms with Crippen molar-refractivity contribution in [1.82, 2.24) is 4.90 Å². The minimum Gasteiger partial charge on any atom is -0.493 e. The highest BCUT2D eigenvalue weighted by atomic mass is 35.5. The van der Waals surface area contributed by atoms with Crippen LogP contribution in [0.3, 0.4) is 0 Å². The zero-order valence-electron chi connectivity index (χ0n) is 14.8. The molecule has 0 aliphatic carbocycles. The van der Waals surface area contributed by atoms with Crippen LogP contribution in [0.1, 0.15) is 28.3 Å². The van der Waals surface area contributed by atoms with Crippen molar-refractivity contribution in [2.24, 2.45) is 5.73 Å². The summed E-state index contributed by atoms with van der Waals surface area (Å²) in [4.78, 5) is 14.7. The number of rotatable bonds is 6. The minimum absolute atomic E-state index is 0.0109. The van der Waals surface area contributed by atoms with Crippen molar-refractivity contribution in [3.05, 3.63) is 58.6 Å². The Bertz CT molecular complexity index is 781. The highest BCUT2D eigenvalue weighted by Gasteiger charge is 2.29. The number of benzene rings is 2. The van der Waals surface area contributed by atoms with E-state index in [1.165, 1.54) is 0 Å². The van der Waals surface area contributed by atoms with Gasteiger partial charge in [0.1, 0.15) is 6.61 Å². The molecule has 2 N–H and O–H groups in total. The Morgan fingerprint density at radius 1 is 1.27 bits per heavy atom. The number of nitrogens with zero attached hydrogens (tertiary/aromatic N) is 1.